The lowest BCUT2D eigenvalue weighted by molar-refractivity contribution is 0.102. The van der Waals surface area contributed by atoms with E-state index in [9.17, 15) is 4.79 Å². The van der Waals surface area contributed by atoms with Crippen molar-refractivity contribution in [3.63, 3.8) is 0 Å². The molecule has 1 aromatic heterocycles. The molecule has 3 aromatic rings. The molecule has 1 aliphatic rings. The number of hydrogen-bond donors (Lipinski definition) is 1. The van der Waals surface area contributed by atoms with E-state index in [1.807, 2.05) is 54.6 Å². The van der Waals surface area contributed by atoms with Crippen molar-refractivity contribution in [3.8, 4) is 5.69 Å². The van der Waals surface area contributed by atoms with Gasteiger partial charge in [0, 0.05) is 26.2 Å². The number of piperazine rings is 1. The Morgan fingerprint density at radius 1 is 0.963 bits per heavy atom. The maximum absolute atomic E-state index is 12.7. The van der Waals surface area contributed by atoms with E-state index in [0.29, 0.717) is 0 Å². The van der Waals surface area contributed by atoms with Crippen molar-refractivity contribution in [3.05, 3.63) is 66.5 Å². The quantitative estimate of drug-likeness (QED) is 0.771. The molecule has 4 rings (SSSR count). The van der Waals surface area contributed by atoms with E-state index in [2.05, 4.69) is 32.4 Å². The predicted molar refractivity (Wildman–Crippen MR) is 105 cm³/mol. The fraction of sp³-hybridized carbons (Fsp3) is 0.250. The fourth-order valence-electron chi connectivity index (χ4n) is 3.14. The van der Waals surface area contributed by atoms with E-state index in [1.165, 1.54) is 11.0 Å². The summed E-state index contributed by atoms with van der Waals surface area (Å²) in [7, 11) is 2.13. The average Bonchev–Trinajstić information content (AvgIpc) is 3.20. The van der Waals surface area contributed by atoms with Crippen LogP contribution < -0.4 is 10.2 Å². The minimum atomic E-state index is -0.265. The van der Waals surface area contributed by atoms with Gasteiger partial charge in [0.25, 0.3) is 5.91 Å². The van der Waals surface area contributed by atoms with Gasteiger partial charge in [0.1, 0.15) is 0 Å². The molecule has 0 spiro atoms. The predicted octanol–water partition coefficient (Wildman–Crippen LogP) is 2.27. The van der Waals surface area contributed by atoms with Crippen LogP contribution in [-0.2, 0) is 0 Å². The van der Waals surface area contributed by atoms with Gasteiger partial charge in [-0.2, -0.15) is 9.90 Å². The molecule has 27 heavy (non-hydrogen) atoms. The number of hydrogen-bond acceptors (Lipinski definition) is 5. The van der Waals surface area contributed by atoms with E-state index < -0.39 is 0 Å². The van der Waals surface area contributed by atoms with Gasteiger partial charge in [-0.3, -0.25) is 4.79 Å². The van der Waals surface area contributed by atoms with Crippen LogP contribution in [0.4, 0.5) is 11.4 Å². The summed E-state index contributed by atoms with van der Waals surface area (Å²) in [6.07, 6.45) is 1.49. The molecule has 0 bridgehead atoms. The Labute approximate surface area is 158 Å². The highest BCUT2D eigenvalue weighted by Gasteiger charge is 2.19. The standard InChI is InChI=1S/C20H22N6O/c1-24-11-13-25(14-12-24)19-10-6-5-9-17(19)22-20(27)18-15-21-26(23-18)16-7-3-2-4-8-16/h2-10,15H,11-14H2,1H3,(H,22,27). The van der Waals surface area contributed by atoms with Crippen LogP contribution in [-0.4, -0.2) is 59.0 Å². The van der Waals surface area contributed by atoms with Crippen LogP contribution in [0.1, 0.15) is 10.5 Å². The van der Waals surface area contributed by atoms with E-state index in [4.69, 9.17) is 0 Å². The molecule has 1 saturated heterocycles. The van der Waals surface area contributed by atoms with Gasteiger partial charge in [-0.05, 0) is 31.3 Å². The zero-order valence-corrected chi connectivity index (χ0v) is 15.2. The summed E-state index contributed by atoms with van der Waals surface area (Å²) < 4.78 is 0. The van der Waals surface area contributed by atoms with E-state index in [-0.39, 0.29) is 11.6 Å². The van der Waals surface area contributed by atoms with Crippen molar-refractivity contribution in [1.82, 2.24) is 19.9 Å². The first-order valence-electron chi connectivity index (χ1n) is 9.02. The third kappa shape index (κ3) is 3.83. The molecule has 0 aliphatic carbocycles. The zero-order chi connectivity index (χ0) is 18.6. The topological polar surface area (TPSA) is 66.3 Å². The lowest BCUT2D eigenvalue weighted by Crippen LogP contribution is -2.44. The van der Waals surface area contributed by atoms with Crippen LogP contribution in [0.2, 0.25) is 0 Å². The van der Waals surface area contributed by atoms with Crippen molar-refractivity contribution in [2.45, 2.75) is 0 Å². The number of carbonyl (C=O) groups excluding carboxylic acids is 1. The SMILES string of the molecule is CN1CCN(c2ccccc2NC(=O)c2cnn(-c3ccccc3)n2)CC1. The summed E-state index contributed by atoms with van der Waals surface area (Å²) in [5.74, 6) is -0.265. The molecule has 1 aliphatic heterocycles. The molecule has 0 atom stereocenters. The number of rotatable bonds is 4. The Morgan fingerprint density at radius 2 is 1.67 bits per heavy atom. The Bertz CT molecular complexity index is 915. The molecule has 1 N–H and O–H groups in total. The first-order chi connectivity index (χ1) is 13.2. The highest BCUT2D eigenvalue weighted by Crippen LogP contribution is 2.26. The van der Waals surface area contributed by atoms with Gasteiger partial charge in [0.2, 0.25) is 0 Å². The number of nitrogens with one attached hydrogen (secondary N) is 1. The first kappa shape index (κ1) is 17.2. The second-order valence-corrected chi connectivity index (χ2v) is 6.62. The monoisotopic (exact) mass is 362 g/mol. The normalized spacial score (nSPS) is 14.9. The first-order valence-corrected chi connectivity index (χ1v) is 9.02. The third-order valence-electron chi connectivity index (χ3n) is 4.71. The van der Waals surface area contributed by atoms with Gasteiger partial charge in [0.05, 0.1) is 23.3 Å². The van der Waals surface area contributed by atoms with E-state index in [0.717, 1.165) is 43.2 Å². The molecule has 2 aromatic carbocycles. The number of nitrogens with zero attached hydrogens (tertiary/aromatic N) is 5. The van der Waals surface area contributed by atoms with Crippen LogP contribution in [0.3, 0.4) is 0 Å². The Morgan fingerprint density at radius 3 is 2.44 bits per heavy atom. The van der Waals surface area contributed by atoms with Gasteiger partial charge in [-0.25, -0.2) is 0 Å². The summed E-state index contributed by atoms with van der Waals surface area (Å²) in [5, 5.41) is 11.5. The van der Waals surface area contributed by atoms with Crippen molar-refractivity contribution >= 4 is 17.3 Å². The lowest BCUT2D eigenvalue weighted by atomic mass is 10.2. The molecular weight excluding hydrogens is 340 g/mol. The van der Waals surface area contributed by atoms with Crippen LogP contribution >= 0.6 is 0 Å². The minimum Gasteiger partial charge on any atom is -0.367 e. The van der Waals surface area contributed by atoms with Gasteiger partial charge >= 0.3 is 0 Å². The van der Waals surface area contributed by atoms with Gasteiger partial charge < -0.3 is 15.1 Å². The van der Waals surface area contributed by atoms with Crippen molar-refractivity contribution in [2.24, 2.45) is 0 Å². The summed E-state index contributed by atoms with van der Waals surface area (Å²) in [4.78, 5) is 18.8. The number of para-hydroxylation sites is 3. The van der Waals surface area contributed by atoms with Crippen LogP contribution in [0.15, 0.2) is 60.8 Å². The fourth-order valence-corrected chi connectivity index (χ4v) is 3.14. The molecule has 0 unspecified atom stereocenters. The second-order valence-electron chi connectivity index (χ2n) is 6.62. The number of benzene rings is 2. The molecule has 2 heterocycles. The molecule has 138 valence electrons. The summed E-state index contributed by atoms with van der Waals surface area (Å²) in [6.45, 7) is 3.89. The molecular formula is C20H22N6O. The van der Waals surface area contributed by atoms with Crippen molar-refractivity contribution in [1.29, 1.82) is 0 Å². The molecule has 7 nitrogen and oxygen atoms in total. The second kappa shape index (κ2) is 7.59. The summed E-state index contributed by atoms with van der Waals surface area (Å²) >= 11 is 0. The Kier molecular flexibility index (Phi) is 4.84. The lowest BCUT2D eigenvalue weighted by Gasteiger charge is -2.35. The maximum atomic E-state index is 12.7. The minimum absolute atomic E-state index is 0.265. The summed E-state index contributed by atoms with van der Waals surface area (Å²) in [6, 6.07) is 17.4. The van der Waals surface area contributed by atoms with Gasteiger partial charge in [-0.15, -0.1) is 5.10 Å². The van der Waals surface area contributed by atoms with E-state index >= 15 is 0 Å². The van der Waals surface area contributed by atoms with Gasteiger partial charge in [0.15, 0.2) is 5.69 Å². The zero-order valence-electron chi connectivity index (χ0n) is 15.2. The number of carbonyl (C=O) groups is 1. The van der Waals surface area contributed by atoms with Gasteiger partial charge in [-0.1, -0.05) is 30.3 Å². The molecule has 1 fully saturated rings. The number of amides is 1. The Balaban J connectivity index is 1.51. The molecule has 0 radical (unpaired) electrons. The molecule has 0 saturated carbocycles. The van der Waals surface area contributed by atoms with Crippen LogP contribution in [0.25, 0.3) is 5.69 Å². The van der Waals surface area contributed by atoms with Crippen molar-refractivity contribution < 1.29 is 4.79 Å². The number of likely N-dealkylation sites (N-methyl/N-ethyl adjacent to an activating group) is 1. The third-order valence-corrected chi connectivity index (χ3v) is 4.71. The largest absolute Gasteiger partial charge is 0.367 e. The van der Waals surface area contributed by atoms with Crippen molar-refractivity contribution in [2.75, 3.05) is 43.4 Å². The summed E-state index contributed by atoms with van der Waals surface area (Å²) in [5.41, 5.74) is 2.93. The molecule has 7 heteroatoms. The molecule has 1 amide bonds. The smallest absolute Gasteiger partial charge is 0.277 e. The highest BCUT2D eigenvalue weighted by molar-refractivity contribution is 6.04. The highest BCUT2D eigenvalue weighted by atomic mass is 16.2. The van der Waals surface area contributed by atoms with Crippen LogP contribution in [0.5, 0.6) is 0 Å². The number of anilines is 2. The van der Waals surface area contributed by atoms with Crippen LogP contribution in [0, 0.1) is 0 Å². The Hall–Kier alpha value is -3.19. The average molecular weight is 362 g/mol. The maximum Gasteiger partial charge on any atom is 0.277 e. The number of aromatic nitrogens is 3. The van der Waals surface area contributed by atoms with E-state index in [1.54, 1.807) is 0 Å².